The summed E-state index contributed by atoms with van der Waals surface area (Å²) in [5.41, 5.74) is 8.36. The van der Waals surface area contributed by atoms with E-state index in [0.29, 0.717) is 17.1 Å². The number of phenols is 1. The Hall–Kier alpha value is -2.08. The first-order valence-electron chi connectivity index (χ1n) is 7.41. The van der Waals surface area contributed by atoms with E-state index in [0.717, 1.165) is 11.1 Å². The molecular formula is C17H18ClN3O2. The van der Waals surface area contributed by atoms with Crippen LogP contribution in [-0.4, -0.2) is 17.1 Å². The Morgan fingerprint density at radius 3 is 2.78 bits per heavy atom. The average Bonchev–Trinajstić information content (AvgIpc) is 3.02. The van der Waals surface area contributed by atoms with Crippen LogP contribution in [0.2, 0.25) is 5.02 Å². The van der Waals surface area contributed by atoms with E-state index >= 15 is 0 Å². The van der Waals surface area contributed by atoms with E-state index in [4.69, 9.17) is 11.6 Å². The number of benzene rings is 2. The summed E-state index contributed by atoms with van der Waals surface area (Å²) in [5, 5.41) is 13.4. The zero-order valence-electron chi connectivity index (χ0n) is 12.6. The molecule has 0 bridgehead atoms. The largest absolute Gasteiger partial charge is 0.508 e. The molecule has 1 aliphatic rings. The highest BCUT2D eigenvalue weighted by molar-refractivity contribution is 6.31. The van der Waals surface area contributed by atoms with Crippen LogP contribution in [-0.2, 0) is 4.79 Å². The van der Waals surface area contributed by atoms with Crippen molar-refractivity contribution in [3.8, 4) is 5.75 Å². The highest BCUT2D eigenvalue weighted by Crippen LogP contribution is 2.30. The molecule has 1 fully saturated rings. The second-order valence-electron chi connectivity index (χ2n) is 5.59. The molecule has 2 atom stereocenters. The molecule has 2 unspecified atom stereocenters. The van der Waals surface area contributed by atoms with Gasteiger partial charge in [-0.3, -0.25) is 4.79 Å². The number of para-hydroxylation sites is 1. The van der Waals surface area contributed by atoms with Crippen molar-refractivity contribution in [2.75, 3.05) is 5.32 Å². The Kier molecular flexibility index (Phi) is 4.52. The monoisotopic (exact) mass is 331 g/mol. The Labute approximate surface area is 139 Å². The quantitative estimate of drug-likeness (QED) is 0.698. The summed E-state index contributed by atoms with van der Waals surface area (Å²) in [6.45, 7) is 1.86. The number of hydrogen-bond donors (Lipinski definition) is 4. The molecule has 2 aromatic rings. The van der Waals surface area contributed by atoms with Crippen molar-refractivity contribution in [3.05, 3.63) is 58.6 Å². The second kappa shape index (κ2) is 6.58. The molecule has 1 aliphatic heterocycles. The van der Waals surface area contributed by atoms with Crippen molar-refractivity contribution < 1.29 is 9.90 Å². The number of carbonyl (C=O) groups excluding carboxylic acids is 1. The summed E-state index contributed by atoms with van der Waals surface area (Å²) in [7, 11) is 0. The Morgan fingerprint density at radius 2 is 2.00 bits per heavy atom. The summed E-state index contributed by atoms with van der Waals surface area (Å²) in [5.74, 6) is 0.0827. The van der Waals surface area contributed by atoms with Crippen molar-refractivity contribution in [1.82, 2.24) is 10.9 Å². The lowest BCUT2D eigenvalue weighted by Crippen LogP contribution is -2.39. The Balaban J connectivity index is 1.68. The molecule has 5 nitrogen and oxygen atoms in total. The van der Waals surface area contributed by atoms with Gasteiger partial charge in [0.05, 0.1) is 6.04 Å². The van der Waals surface area contributed by atoms with Crippen LogP contribution in [0.1, 0.15) is 23.6 Å². The molecule has 6 heteroatoms. The fraction of sp³-hybridized carbons (Fsp3) is 0.235. The summed E-state index contributed by atoms with van der Waals surface area (Å²) in [6.07, 6.45) is 0.545. The highest BCUT2D eigenvalue weighted by atomic mass is 35.5. The third-order valence-corrected chi connectivity index (χ3v) is 4.47. The fourth-order valence-corrected chi connectivity index (χ4v) is 2.85. The molecule has 1 heterocycles. The van der Waals surface area contributed by atoms with Gasteiger partial charge >= 0.3 is 0 Å². The lowest BCUT2D eigenvalue weighted by atomic mass is 10.0. The zero-order valence-corrected chi connectivity index (χ0v) is 13.4. The van der Waals surface area contributed by atoms with Crippen molar-refractivity contribution in [3.63, 3.8) is 0 Å². The number of carbonyl (C=O) groups is 1. The zero-order chi connectivity index (χ0) is 16.4. The molecule has 3 rings (SSSR count). The van der Waals surface area contributed by atoms with Gasteiger partial charge in [-0.1, -0.05) is 35.9 Å². The molecule has 0 aromatic heterocycles. The van der Waals surface area contributed by atoms with Gasteiger partial charge in [-0.25, -0.2) is 10.9 Å². The van der Waals surface area contributed by atoms with E-state index in [1.165, 1.54) is 0 Å². The van der Waals surface area contributed by atoms with Crippen molar-refractivity contribution in [2.24, 2.45) is 0 Å². The van der Waals surface area contributed by atoms with Crippen LogP contribution in [0.4, 0.5) is 5.69 Å². The number of rotatable bonds is 3. The third-order valence-electron chi connectivity index (χ3n) is 4.06. The highest BCUT2D eigenvalue weighted by Gasteiger charge is 2.31. The predicted octanol–water partition coefficient (Wildman–Crippen LogP) is 2.90. The van der Waals surface area contributed by atoms with Crippen LogP contribution in [0.15, 0.2) is 42.5 Å². The molecule has 0 aliphatic carbocycles. The Bertz CT molecular complexity index is 736. The summed E-state index contributed by atoms with van der Waals surface area (Å²) in [6, 6.07) is 12.0. The normalized spacial score (nSPS) is 20.4. The van der Waals surface area contributed by atoms with E-state index in [2.05, 4.69) is 16.2 Å². The van der Waals surface area contributed by atoms with Crippen molar-refractivity contribution in [1.29, 1.82) is 0 Å². The van der Waals surface area contributed by atoms with Gasteiger partial charge in [0.15, 0.2) is 0 Å². The van der Waals surface area contributed by atoms with Crippen LogP contribution in [0.5, 0.6) is 5.75 Å². The smallest absolute Gasteiger partial charge is 0.242 e. The lowest BCUT2D eigenvalue weighted by molar-refractivity contribution is -0.117. The number of nitrogens with one attached hydrogen (secondary N) is 3. The van der Waals surface area contributed by atoms with Gasteiger partial charge in [-0.15, -0.1) is 0 Å². The van der Waals surface area contributed by atoms with Crippen molar-refractivity contribution in [2.45, 2.75) is 25.4 Å². The average molecular weight is 332 g/mol. The van der Waals surface area contributed by atoms with E-state index in [-0.39, 0.29) is 17.7 Å². The van der Waals surface area contributed by atoms with Crippen LogP contribution >= 0.6 is 11.6 Å². The number of halogens is 1. The van der Waals surface area contributed by atoms with Gasteiger partial charge in [0.1, 0.15) is 11.8 Å². The standard InChI is InChI=1S/C17H18ClN3O2/c1-10-12(18)6-4-7-13(10)19-17(23)15-9-14(20-21-15)11-5-2-3-8-16(11)22/h2-8,14-15,20-22H,9H2,1H3,(H,19,23). The second-order valence-corrected chi connectivity index (χ2v) is 6.00. The predicted molar refractivity (Wildman–Crippen MR) is 90.3 cm³/mol. The molecule has 23 heavy (non-hydrogen) atoms. The molecule has 120 valence electrons. The van der Waals surface area contributed by atoms with Gasteiger partial charge in [0, 0.05) is 16.3 Å². The van der Waals surface area contributed by atoms with E-state index in [1.807, 2.05) is 25.1 Å². The van der Waals surface area contributed by atoms with E-state index in [9.17, 15) is 9.90 Å². The molecular weight excluding hydrogens is 314 g/mol. The number of aromatic hydroxyl groups is 1. The van der Waals surface area contributed by atoms with Gasteiger partial charge < -0.3 is 10.4 Å². The van der Waals surface area contributed by atoms with Crippen molar-refractivity contribution >= 4 is 23.2 Å². The first kappa shape index (κ1) is 15.8. The lowest BCUT2D eigenvalue weighted by Gasteiger charge is -2.13. The van der Waals surface area contributed by atoms with E-state index in [1.54, 1.807) is 24.3 Å². The number of hydrazine groups is 1. The summed E-state index contributed by atoms with van der Waals surface area (Å²) < 4.78 is 0. The van der Waals surface area contributed by atoms with Crippen LogP contribution < -0.4 is 16.2 Å². The maximum atomic E-state index is 12.4. The first-order chi connectivity index (χ1) is 11.1. The number of phenolic OH excluding ortho intramolecular Hbond substituents is 1. The minimum Gasteiger partial charge on any atom is -0.508 e. The molecule has 2 aromatic carbocycles. The molecule has 0 radical (unpaired) electrons. The number of hydrogen-bond acceptors (Lipinski definition) is 4. The van der Waals surface area contributed by atoms with Crippen LogP contribution in [0.3, 0.4) is 0 Å². The minimum absolute atomic E-state index is 0.118. The van der Waals surface area contributed by atoms with Gasteiger partial charge in [0.25, 0.3) is 0 Å². The first-order valence-corrected chi connectivity index (χ1v) is 7.79. The maximum Gasteiger partial charge on any atom is 0.242 e. The molecule has 1 saturated heterocycles. The topological polar surface area (TPSA) is 73.4 Å². The van der Waals surface area contributed by atoms with E-state index < -0.39 is 6.04 Å². The number of anilines is 1. The van der Waals surface area contributed by atoms with Gasteiger partial charge in [-0.2, -0.15) is 0 Å². The summed E-state index contributed by atoms with van der Waals surface area (Å²) >= 11 is 6.07. The number of amides is 1. The maximum absolute atomic E-state index is 12.4. The fourth-order valence-electron chi connectivity index (χ4n) is 2.68. The SMILES string of the molecule is Cc1c(Cl)cccc1NC(=O)C1CC(c2ccccc2O)NN1. The van der Waals surface area contributed by atoms with Gasteiger partial charge in [0.2, 0.25) is 5.91 Å². The molecule has 0 spiro atoms. The minimum atomic E-state index is -0.391. The molecule has 0 saturated carbocycles. The van der Waals surface area contributed by atoms with Gasteiger partial charge in [-0.05, 0) is 37.1 Å². The van der Waals surface area contributed by atoms with Crippen LogP contribution in [0, 0.1) is 6.92 Å². The summed E-state index contributed by atoms with van der Waals surface area (Å²) in [4.78, 5) is 12.4. The Morgan fingerprint density at radius 1 is 1.22 bits per heavy atom. The van der Waals surface area contributed by atoms with Crippen LogP contribution in [0.25, 0.3) is 0 Å². The molecule has 1 amide bonds. The molecule has 4 N–H and O–H groups in total. The third kappa shape index (κ3) is 3.32.